The second-order valence-corrected chi connectivity index (χ2v) is 6.34. The van der Waals surface area contributed by atoms with Crippen LogP contribution in [0, 0.1) is 5.92 Å². The molecule has 2 heterocycles. The first-order valence-electron chi connectivity index (χ1n) is 6.84. The van der Waals surface area contributed by atoms with E-state index in [9.17, 15) is 9.59 Å². The minimum Gasteiger partial charge on any atom is -0.481 e. The SMILES string of the molecule is O=C(NC1COCC1C(=O)O)C1CCCc2sccc21. The van der Waals surface area contributed by atoms with Crippen LogP contribution in [-0.2, 0) is 20.7 Å². The van der Waals surface area contributed by atoms with Crippen LogP contribution in [0.15, 0.2) is 11.4 Å². The molecule has 20 heavy (non-hydrogen) atoms. The van der Waals surface area contributed by atoms with Gasteiger partial charge in [0.1, 0.15) is 5.92 Å². The summed E-state index contributed by atoms with van der Waals surface area (Å²) in [5, 5.41) is 14.0. The first-order valence-corrected chi connectivity index (χ1v) is 7.72. The van der Waals surface area contributed by atoms with Crippen LogP contribution in [0.1, 0.15) is 29.2 Å². The molecular weight excluding hydrogens is 278 g/mol. The molecule has 0 spiro atoms. The van der Waals surface area contributed by atoms with Gasteiger partial charge in [0.2, 0.25) is 5.91 Å². The summed E-state index contributed by atoms with van der Waals surface area (Å²) in [5.41, 5.74) is 1.12. The van der Waals surface area contributed by atoms with Crippen molar-refractivity contribution in [3.8, 4) is 0 Å². The van der Waals surface area contributed by atoms with E-state index in [4.69, 9.17) is 9.84 Å². The number of carboxylic acids is 1. The van der Waals surface area contributed by atoms with Gasteiger partial charge in [-0.2, -0.15) is 0 Å². The first-order chi connectivity index (χ1) is 9.66. The van der Waals surface area contributed by atoms with Crippen LogP contribution in [0.25, 0.3) is 0 Å². The summed E-state index contributed by atoms with van der Waals surface area (Å²) < 4.78 is 5.18. The number of rotatable bonds is 3. The first kappa shape index (κ1) is 13.6. The molecule has 2 aliphatic rings. The highest BCUT2D eigenvalue weighted by Crippen LogP contribution is 2.35. The van der Waals surface area contributed by atoms with Gasteiger partial charge in [-0.1, -0.05) is 0 Å². The van der Waals surface area contributed by atoms with E-state index >= 15 is 0 Å². The zero-order valence-corrected chi connectivity index (χ0v) is 11.8. The second-order valence-electron chi connectivity index (χ2n) is 5.34. The molecule has 1 aliphatic carbocycles. The number of carbonyl (C=O) groups is 2. The Labute approximate surface area is 120 Å². The molecule has 0 bridgehead atoms. The van der Waals surface area contributed by atoms with Crippen LogP contribution >= 0.6 is 11.3 Å². The molecule has 1 aromatic heterocycles. The number of ether oxygens (including phenoxy) is 1. The van der Waals surface area contributed by atoms with E-state index in [1.807, 2.05) is 11.4 Å². The summed E-state index contributed by atoms with van der Waals surface area (Å²) in [5.74, 6) is -1.75. The topological polar surface area (TPSA) is 75.6 Å². The number of hydrogen-bond donors (Lipinski definition) is 2. The summed E-state index contributed by atoms with van der Waals surface area (Å²) in [6.07, 6.45) is 2.89. The number of nitrogens with one attached hydrogen (secondary N) is 1. The molecule has 0 radical (unpaired) electrons. The molecule has 1 fully saturated rings. The highest BCUT2D eigenvalue weighted by Gasteiger charge is 2.37. The van der Waals surface area contributed by atoms with Crippen LogP contribution < -0.4 is 5.32 Å². The van der Waals surface area contributed by atoms with E-state index in [-0.39, 0.29) is 25.0 Å². The Morgan fingerprint density at radius 3 is 3.05 bits per heavy atom. The third-order valence-electron chi connectivity index (χ3n) is 4.09. The van der Waals surface area contributed by atoms with Crippen LogP contribution in [0.4, 0.5) is 0 Å². The molecular formula is C14H17NO4S. The quantitative estimate of drug-likeness (QED) is 0.883. The van der Waals surface area contributed by atoms with Gasteiger partial charge in [0.15, 0.2) is 0 Å². The Bertz CT molecular complexity index is 527. The Kier molecular flexibility index (Phi) is 3.76. The summed E-state index contributed by atoms with van der Waals surface area (Å²) in [6.45, 7) is 0.459. The van der Waals surface area contributed by atoms with Gasteiger partial charge in [0, 0.05) is 4.88 Å². The van der Waals surface area contributed by atoms with E-state index in [0.717, 1.165) is 24.8 Å². The standard InChI is InChI=1S/C14H17NO4S/c16-13(15-11-7-19-6-10(11)14(17)18)9-2-1-3-12-8(9)4-5-20-12/h4-5,9-11H,1-3,6-7H2,(H,15,16)(H,17,18). The Hall–Kier alpha value is -1.40. The third-order valence-corrected chi connectivity index (χ3v) is 5.09. The maximum Gasteiger partial charge on any atom is 0.311 e. The number of aryl methyl sites for hydroxylation is 1. The van der Waals surface area contributed by atoms with Crippen LogP contribution in [-0.4, -0.2) is 36.2 Å². The molecule has 3 atom stereocenters. The number of aliphatic carboxylic acids is 1. The lowest BCUT2D eigenvalue weighted by molar-refractivity contribution is -0.142. The summed E-state index contributed by atoms with van der Waals surface area (Å²) >= 11 is 1.70. The maximum absolute atomic E-state index is 12.4. The molecule has 0 aromatic carbocycles. The third kappa shape index (κ3) is 2.45. The lowest BCUT2D eigenvalue weighted by Crippen LogP contribution is -2.45. The Morgan fingerprint density at radius 1 is 1.40 bits per heavy atom. The number of thiophene rings is 1. The molecule has 5 nitrogen and oxygen atoms in total. The van der Waals surface area contributed by atoms with Crippen LogP contribution in [0.2, 0.25) is 0 Å². The van der Waals surface area contributed by atoms with Gasteiger partial charge in [-0.25, -0.2) is 0 Å². The molecule has 3 unspecified atom stereocenters. The minimum absolute atomic E-state index is 0.0638. The van der Waals surface area contributed by atoms with Gasteiger partial charge in [-0.05, 0) is 36.3 Å². The van der Waals surface area contributed by atoms with Crippen molar-refractivity contribution in [2.45, 2.75) is 31.2 Å². The second kappa shape index (κ2) is 5.54. The molecule has 108 valence electrons. The fourth-order valence-corrected chi connectivity index (χ4v) is 3.97. The van der Waals surface area contributed by atoms with Crippen molar-refractivity contribution in [1.29, 1.82) is 0 Å². The van der Waals surface area contributed by atoms with Crippen molar-refractivity contribution in [2.24, 2.45) is 5.92 Å². The van der Waals surface area contributed by atoms with Gasteiger partial charge in [0.25, 0.3) is 0 Å². The summed E-state index contributed by atoms with van der Waals surface area (Å²) in [7, 11) is 0. The average Bonchev–Trinajstić information content (AvgIpc) is 3.05. The Morgan fingerprint density at radius 2 is 2.25 bits per heavy atom. The number of fused-ring (bicyclic) bond motifs is 1. The molecule has 6 heteroatoms. The van der Waals surface area contributed by atoms with Crippen molar-refractivity contribution in [1.82, 2.24) is 5.32 Å². The smallest absolute Gasteiger partial charge is 0.311 e. The molecule has 1 saturated heterocycles. The van der Waals surface area contributed by atoms with Gasteiger partial charge >= 0.3 is 5.97 Å². The average molecular weight is 295 g/mol. The predicted molar refractivity (Wildman–Crippen MR) is 73.9 cm³/mol. The highest BCUT2D eigenvalue weighted by molar-refractivity contribution is 7.10. The fourth-order valence-electron chi connectivity index (χ4n) is 2.98. The van der Waals surface area contributed by atoms with E-state index in [0.29, 0.717) is 0 Å². The number of hydrogen-bond acceptors (Lipinski definition) is 4. The lowest BCUT2D eigenvalue weighted by atomic mass is 9.86. The van der Waals surface area contributed by atoms with Crippen molar-refractivity contribution >= 4 is 23.2 Å². The van der Waals surface area contributed by atoms with Gasteiger partial charge in [-0.15, -0.1) is 11.3 Å². The van der Waals surface area contributed by atoms with Gasteiger partial charge < -0.3 is 15.2 Å². The normalized spacial score (nSPS) is 28.9. The highest BCUT2D eigenvalue weighted by atomic mass is 32.1. The number of carbonyl (C=O) groups excluding carboxylic acids is 1. The van der Waals surface area contributed by atoms with E-state index in [1.165, 1.54) is 4.88 Å². The van der Waals surface area contributed by atoms with Crippen molar-refractivity contribution < 1.29 is 19.4 Å². The molecule has 0 saturated carbocycles. The molecule has 2 N–H and O–H groups in total. The maximum atomic E-state index is 12.4. The minimum atomic E-state index is -0.910. The summed E-state index contributed by atoms with van der Waals surface area (Å²) in [6, 6.07) is 1.60. The Balaban J connectivity index is 1.70. The molecule has 1 aromatic rings. The van der Waals surface area contributed by atoms with Crippen LogP contribution in [0.5, 0.6) is 0 Å². The largest absolute Gasteiger partial charge is 0.481 e. The monoisotopic (exact) mass is 295 g/mol. The predicted octanol–water partition coefficient (Wildman–Crippen LogP) is 1.38. The van der Waals surface area contributed by atoms with Gasteiger partial charge in [0.05, 0.1) is 25.2 Å². The van der Waals surface area contributed by atoms with Crippen molar-refractivity contribution in [3.63, 3.8) is 0 Å². The van der Waals surface area contributed by atoms with Crippen molar-refractivity contribution in [2.75, 3.05) is 13.2 Å². The van der Waals surface area contributed by atoms with Crippen LogP contribution in [0.3, 0.4) is 0 Å². The number of carboxylic acid groups (broad SMARTS) is 1. The number of amides is 1. The van der Waals surface area contributed by atoms with E-state index in [2.05, 4.69) is 5.32 Å². The van der Waals surface area contributed by atoms with Crippen molar-refractivity contribution in [3.05, 3.63) is 21.9 Å². The van der Waals surface area contributed by atoms with Gasteiger partial charge in [-0.3, -0.25) is 9.59 Å². The summed E-state index contributed by atoms with van der Waals surface area (Å²) in [4.78, 5) is 24.8. The zero-order valence-electron chi connectivity index (χ0n) is 11.0. The molecule has 3 rings (SSSR count). The lowest BCUT2D eigenvalue weighted by Gasteiger charge is -2.24. The zero-order chi connectivity index (χ0) is 14.1. The fraction of sp³-hybridized carbons (Fsp3) is 0.571. The molecule has 1 amide bonds. The molecule has 1 aliphatic heterocycles. The van der Waals surface area contributed by atoms with E-state index in [1.54, 1.807) is 11.3 Å². The van der Waals surface area contributed by atoms with E-state index < -0.39 is 17.9 Å².